The first kappa shape index (κ1) is 21.4. The molecule has 0 unspecified atom stereocenters. The molecule has 0 bridgehead atoms. The van der Waals surface area contributed by atoms with Crippen molar-refractivity contribution >= 4 is 40.4 Å². The largest absolute Gasteiger partial charge is 0.340 e. The molecule has 0 aliphatic rings. The van der Waals surface area contributed by atoms with Gasteiger partial charge < -0.3 is 16.0 Å². The third-order valence-electron chi connectivity index (χ3n) is 4.52. The van der Waals surface area contributed by atoms with E-state index in [2.05, 4.69) is 30.9 Å². The topological polar surface area (TPSA) is 135 Å². The normalized spacial score (nSPS) is 10.3. The van der Waals surface area contributed by atoms with E-state index in [4.69, 9.17) is 0 Å². The van der Waals surface area contributed by atoms with Crippen LogP contribution in [0.2, 0.25) is 0 Å². The van der Waals surface area contributed by atoms with Crippen LogP contribution < -0.4 is 16.0 Å². The summed E-state index contributed by atoms with van der Waals surface area (Å²) in [6.45, 7) is 1.79. The van der Waals surface area contributed by atoms with E-state index in [0.29, 0.717) is 29.0 Å². The number of benzene rings is 2. The van der Waals surface area contributed by atoms with Gasteiger partial charge in [-0.2, -0.15) is 0 Å². The monoisotopic (exact) mass is 441 g/mol. The average Bonchev–Trinajstić information content (AvgIpc) is 2.80. The first-order chi connectivity index (χ1) is 16.0. The summed E-state index contributed by atoms with van der Waals surface area (Å²) in [4.78, 5) is 36.0. The van der Waals surface area contributed by atoms with Crippen molar-refractivity contribution in [1.29, 1.82) is 0 Å². The Morgan fingerprint density at radius 1 is 0.848 bits per heavy atom. The summed E-state index contributed by atoms with van der Waals surface area (Å²) in [6, 6.07) is 20.0. The molecule has 4 aromatic rings. The van der Waals surface area contributed by atoms with Gasteiger partial charge in [-0.25, -0.2) is 15.0 Å². The Labute approximate surface area is 188 Å². The second-order valence-electron chi connectivity index (χ2n) is 6.96. The van der Waals surface area contributed by atoms with Crippen molar-refractivity contribution in [2.24, 2.45) is 0 Å². The van der Waals surface area contributed by atoms with Crippen molar-refractivity contribution in [3.63, 3.8) is 0 Å². The van der Waals surface area contributed by atoms with Crippen LogP contribution in [0.5, 0.6) is 0 Å². The molecule has 1 amide bonds. The van der Waals surface area contributed by atoms with Gasteiger partial charge in [0.2, 0.25) is 0 Å². The predicted molar refractivity (Wildman–Crippen MR) is 125 cm³/mol. The first-order valence-corrected chi connectivity index (χ1v) is 9.93. The molecule has 0 aliphatic heterocycles. The van der Waals surface area contributed by atoms with Gasteiger partial charge in [0, 0.05) is 29.7 Å². The number of carbonyl (C=O) groups is 1. The highest BCUT2D eigenvalue weighted by Crippen LogP contribution is 2.23. The summed E-state index contributed by atoms with van der Waals surface area (Å²) in [7, 11) is 0. The molecule has 0 fully saturated rings. The van der Waals surface area contributed by atoms with Crippen molar-refractivity contribution < 1.29 is 9.72 Å². The minimum Gasteiger partial charge on any atom is -0.340 e. The molecule has 3 N–H and O–H groups in total. The summed E-state index contributed by atoms with van der Waals surface area (Å²) in [6.07, 6.45) is 1.69. The molecule has 10 nitrogen and oxygen atoms in total. The summed E-state index contributed by atoms with van der Waals surface area (Å²) in [5.74, 6) is 1.86. The number of aryl methyl sites for hydroxylation is 1. The maximum absolute atomic E-state index is 12.5. The number of nitro benzene ring substituents is 1. The molecule has 0 saturated carbocycles. The fourth-order valence-corrected chi connectivity index (χ4v) is 3.07. The minimum absolute atomic E-state index is 0.00547. The smallest absolute Gasteiger partial charge is 0.282 e. The lowest BCUT2D eigenvalue weighted by atomic mass is 10.1. The summed E-state index contributed by atoms with van der Waals surface area (Å²) >= 11 is 0. The molecule has 0 atom stereocenters. The van der Waals surface area contributed by atoms with Crippen LogP contribution in [-0.4, -0.2) is 25.8 Å². The second kappa shape index (κ2) is 9.52. The molecule has 4 rings (SSSR count). The first-order valence-electron chi connectivity index (χ1n) is 9.93. The van der Waals surface area contributed by atoms with E-state index in [0.717, 1.165) is 5.69 Å². The number of hydrogen-bond acceptors (Lipinski definition) is 8. The molecule has 2 aromatic carbocycles. The van der Waals surface area contributed by atoms with E-state index in [9.17, 15) is 14.9 Å². The van der Waals surface area contributed by atoms with E-state index < -0.39 is 10.8 Å². The number of amides is 1. The Hall–Kier alpha value is -4.86. The number of rotatable bonds is 7. The van der Waals surface area contributed by atoms with Crippen LogP contribution in [0.1, 0.15) is 16.2 Å². The van der Waals surface area contributed by atoms with Gasteiger partial charge >= 0.3 is 0 Å². The van der Waals surface area contributed by atoms with E-state index in [1.165, 1.54) is 18.2 Å². The quantitative estimate of drug-likeness (QED) is 0.274. The highest BCUT2D eigenvalue weighted by Gasteiger charge is 2.19. The summed E-state index contributed by atoms with van der Waals surface area (Å²) in [5, 5.41) is 20.1. The van der Waals surface area contributed by atoms with Gasteiger partial charge in [-0.1, -0.05) is 18.2 Å². The van der Waals surface area contributed by atoms with Crippen LogP contribution in [0, 0.1) is 17.0 Å². The van der Waals surface area contributed by atoms with Crippen molar-refractivity contribution in [2.75, 3.05) is 16.0 Å². The lowest BCUT2D eigenvalue weighted by Crippen LogP contribution is -2.13. The Morgan fingerprint density at radius 2 is 1.52 bits per heavy atom. The molecule has 0 spiro atoms. The number of pyridine rings is 1. The molecular weight excluding hydrogens is 422 g/mol. The Balaban J connectivity index is 1.45. The molecule has 0 saturated heterocycles. The fourth-order valence-electron chi connectivity index (χ4n) is 3.07. The molecule has 2 aromatic heterocycles. The maximum atomic E-state index is 12.5. The van der Waals surface area contributed by atoms with Crippen LogP contribution in [0.25, 0.3) is 0 Å². The van der Waals surface area contributed by atoms with Gasteiger partial charge in [0.05, 0.1) is 4.92 Å². The fraction of sp³-hybridized carbons (Fsp3) is 0.0435. The highest BCUT2D eigenvalue weighted by molar-refractivity contribution is 6.07. The number of aromatic nitrogens is 3. The van der Waals surface area contributed by atoms with E-state index in [1.54, 1.807) is 49.5 Å². The molecule has 2 heterocycles. The Kier molecular flexibility index (Phi) is 6.17. The van der Waals surface area contributed by atoms with Gasteiger partial charge in [-0.15, -0.1) is 0 Å². The minimum atomic E-state index is -0.581. The Bertz CT molecular complexity index is 1300. The van der Waals surface area contributed by atoms with Crippen LogP contribution >= 0.6 is 0 Å². The molecule has 0 aliphatic carbocycles. The maximum Gasteiger partial charge on any atom is 0.282 e. The van der Waals surface area contributed by atoms with Gasteiger partial charge in [0.25, 0.3) is 11.6 Å². The van der Waals surface area contributed by atoms with E-state index in [-0.39, 0.29) is 11.3 Å². The van der Waals surface area contributed by atoms with Crippen LogP contribution in [-0.2, 0) is 0 Å². The predicted octanol–water partition coefficient (Wildman–Crippen LogP) is 4.83. The van der Waals surface area contributed by atoms with Gasteiger partial charge in [-0.3, -0.25) is 14.9 Å². The van der Waals surface area contributed by atoms with Crippen molar-refractivity contribution in [2.45, 2.75) is 6.92 Å². The van der Waals surface area contributed by atoms with E-state index >= 15 is 0 Å². The van der Waals surface area contributed by atoms with Gasteiger partial charge in [0.15, 0.2) is 0 Å². The molecule has 33 heavy (non-hydrogen) atoms. The molecule has 10 heteroatoms. The van der Waals surface area contributed by atoms with Crippen molar-refractivity contribution in [1.82, 2.24) is 15.0 Å². The third kappa shape index (κ3) is 5.44. The van der Waals surface area contributed by atoms with Gasteiger partial charge in [-0.05, 0) is 49.4 Å². The number of hydrogen-bond donors (Lipinski definition) is 3. The van der Waals surface area contributed by atoms with Crippen LogP contribution in [0.15, 0.2) is 79.0 Å². The zero-order valence-electron chi connectivity index (χ0n) is 17.5. The SMILES string of the molecule is Cc1nc(Nc2ccc(NC(=O)c3ccccc3[N+](=O)[O-])cc2)cc(Nc2ccccn2)n1. The number of nitro groups is 1. The molecule has 0 radical (unpaired) electrons. The number of nitrogens with zero attached hydrogens (tertiary/aromatic N) is 4. The number of anilines is 5. The summed E-state index contributed by atoms with van der Waals surface area (Å²) < 4.78 is 0. The van der Waals surface area contributed by atoms with E-state index in [1.807, 2.05) is 18.2 Å². The zero-order chi connectivity index (χ0) is 23.2. The van der Waals surface area contributed by atoms with Gasteiger partial charge in [0.1, 0.15) is 28.8 Å². The standard InChI is InChI=1S/C23H19N7O3/c1-15-25-21(14-22(26-15)29-20-8-4-5-13-24-20)27-16-9-11-17(12-10-16)28-23(31)18-6-2-3-7-19(18)30(32)33/h2-14H,1H3,(H,28,31)(H2,24,25,26,27,29). The van der Waals surface area contributed by atoms with Crippen molar-refractivity contribution in [3.8, 4) is 0 Å². The highest BCUT2D eigenvalue weighted by atomic mass is 16.6. The number of nitrogens with one attached hydrogen (secondary N) is 3. The zero-order valence-corrected chi connectivity index (χ0v) is 17.5. The molecular formula is C23H19N7O3. The molecule has 164 valence electrons. The van der Waals surface area contributed by atoms with Crippen molar-refractivity contribution in [3.05, 3.63) is 100 Å². The lowest BCUT2D eigenvalue weighted by molar-refractivity contribution is -0.385. The Morgan fingerprint density at radius 3 is 2.21 bits per heavy atom. The number of para-hydroxylation sites is 1. The second-order valence-corrected chi connectivity index (χ2v) is 6.96. The van der Waals surface area contributed by atoms with Crippen LogP contribution in [0.3, 0.4) is 0 Å². The van der Waals surface area contributed by atoms with Crippen LogP contribution in [0.4, 0.5) is 34.5 Å². The third-order valence-corrected chi connectivity index (χ3v) is 4.52. The average molecular weight is 441 g/mol. The number of carbonyl (C=O) groups excluding carboxylic acids is 1. The lowest BCUT2D eigenvalue weighted by Gasteiger charge is -2.11. The summed E-state index contributed by atoms with van der Waals surface area (Å²) in [5.41, 5.74) is 0.984.